The van der Waals surface area contributed by atoms with Gasteiger partial charge < -0.3 is 16.2 Å². The van der Waals surface area contributed by atoms with Crippen LogP contribution in [0.25, 0.3) is 0 Å². The highest BCUT2D eigenvalue weighted by atomic mass is 16.3. The molecule has 0 spiro atoms. The van der Waals surface area contributed by atoms with Crippen LogP contribution in [0.3, 0.4) is 0 Å². The lowest BCUT2D eigenvalue weighted by Crippen LogP contribution is -2.71. The number of rotatable bonds is 2. The monoisotopic (exact) mass is 133 g/mol. The fraction of sp³-hybridized carbons (Fsp3) is 0.800. The second-order valence-electron chi connectivity index (χ2n) is 1.96. The maximum Gasteiger partial charge on any atom is 0.280 e. The summed E-state index contributed by atoms with van der Waals surface area (Å²) in [6.07, 6.45) is -0.676. The summed E-state index contributed by atoms with van der Waals surface area (Å²) in [6, 6.07) is -0.560. The molecular weight excluding hydrogens is 120 g/mol. The van der Waals surface area contributed by atoms with Gasteiger partial charge in [-0.2, -0.15) is 0 Å². The minimum atomic E-state index is -0.676. The zero-order valence-electron chi connectivity index (χ0n) is 5.72. The Balaban J connectivity index is 3.72. The van der Waals surface area contributed by atoms with Gasteiger partial charge in [0, 0.05) is 7.05 Å². The van der Waals surface area contributed by atoms with Crippen molar-refractivity contribution in [2.45, 2.75) is 19.1 Å². The lowest BCUT2D eigenvalue weighted by molar-refractivity contribution is -0.419. The predicted molar refractivity (Wildman–Crippen MR) is 32.4 cm³/mol. The van der Waals surface area contributed by atoms with Gasteiger partial charge in [-0.3, -0.25) is 4.79 Å². The molecule has 54 valence electrons. The third-order valence-electron chi connectivity index (χ3n) is 1.17. The molecule has 9 heavy (non-hydrogen) atoms. The summed E-state index contributed by atoms with van der Waals surface area (Å²) >= 11 is 0. The van der Waals surface area contributed by atoms with Crippen LogP contribution in [-0.4, -0.2) is 30.2 Å². The van der Waals surface area contributed by atoms with E-state index in [0.29, 0.717) is 0 Å². The van der Waals surface area contributed by atoms with E-state index in [1.54, 1.807) is 0 Å². The molecular formula is C5H13N2O2+. The summed E-state index contributed by atoms with van der Waals surface area (Å²) in [7, 11) is 1.52. The smallest absolute Gasteiger partial charge is 0.280 e. The molecule has 0 fully saturated rings. The van der Waals surface area contributed by atoms with Crippen LogP contribution >= 0.6 is 0 Å². The van der Waals surface area contributed by atoms with E-state index >= 15 is 0 Å². The Bertz CT molecular complexity index is 103. The quantitative estimate of drug-likeness (QED) is 0.397. The summed E-state index contributed by atoms with van der Waals surface area (Å²) < 4.78 is 0. The summed E-state index contributed by atoms with van der Waals surface area (Å²) in [6.45, 7) is 1.53. The van der Waals surface area contributed by atoms with Crippen LogP contribution in [0.1, 0.15) is 6.92 Å². The van der Waals surface area contributed by atoms with Crippen molar-refractivity contribution in [3.8, 4) is 0 Å². The first kappa shape index (κ1) is 8.39. The lowest BCUT2D eigenvalue weighted by atomic mass is 10.2. The first-order valence-corrected chi connectivity index (χ1v) is 2.82. The van der Waals surface area contributed by atoms with E-state index in [-0.39, 0.29) is 5.91 Å². The fourth-order valence-electron chi connectivity index (χ4n) is 0.404. The van der Waals surface area contributed by atoms with Gasteiger partial charge in [0.05, 0.1) is 0 Å². The molecule has 0 unspecified atom stereocenters. The highest BCUT2D eigenvalue weighted by Crippen LogP contribution is 1.83. The number of amides is 1. The van der Waals surface area contributed by atoms with Crippen LogP contribution in [-0.2, 0) is 4.79 Å². The normalized spacial score (nSPS) is 16.4. The fourth-order valence-corrected chi connectivity index (χ4v) is 0.404. The van der Waals surface area contributed by atoms with Crippen LogP contribution in [0.4, 0.5) is 0 Å². The molecule has 0 aromatic heterocycles. The third kappa shape index (κ3) is 2.43. The zero-order chi connectivity index (χ0) is 7.44. The van der Waals surface area contributed by atoms with Gasteiger partial charge in [-0.05, 0) is 6.92 Å². The number of carbonyl (C=O) groups excluding carboxylic acids is 1. The predicted octanol–water partition coefficient (Wildman–Crippen LogP) is -2.28. The van der Waals surface area contributed by atoms with Gasteiger partial charge in [0.1, 0.15) is 6.10 Å². The molecule has 0 heterocycles. The molecule has 0 aliphatic carbocycles. The molecule has 0 rings (SSSR count). The second-order valence-corrected chi connectivity index (χ2v) is 1.96. The second kappa shape index (κ2) is 3.42. The maximum absolute atomic E-state index is 10.6. The van der Waals surface area contributed by atoms with E-state index in [1.807, 2.05) is 0 Å². The number of aliphatic hydroxyl groups is 1. The Hall–Kier alpha value is -0.610. The van der Waals surface area contributed by atoms with Gasteiger partial charge in [0.25, 0.3) is 5.91 Å². The number of hydrogen-bond acceptors (Lipinski definition) is 2. The number of likely N-dealkylation sites (N-methyl/N-ethyl adjacent to an activating group) is 1. The Morgan fingerprint density at radius 3 is 2.33 bits per heavy atom. The largest absolute Gasteiger partial charge is 0.387 e. The van der Waals surface area contributed by atoms with Gasteiger partial charge in [-0.1, -0.05) is 0 Å². The topological polar surface area (TPSA) is 77.0 Å². The summed E-state index contributed by atoms with van der Waals surface area (Å²) in [4.78, 5) is 10.6. The minimum Gasteiger partial charge on any atom is -0.387 e. The lowest BCUT2D eigenvalue weighted by Gasteiger charge is -2.08. The number of carbonyl (C=O) groups is 1. The summed E-state index contributed by atoms with van der Waals surface area (Å²) in [5.74, 6) is -0.231. The van der Waals surface area contributed by atoms with E-state index in [2.05, 4.69) is 11.1 Å². The molecule has 0 aliphatic rings. The molecule has 0 aromatic rings. The number of quaternary nitrogens is 1. The van der Waals surface area contributed by atoms with Crippen molar-refractivity contribution in [1.29, 1.82) is 0 Å². The van der Waals surface area contributed by atoms with Crippen LogP contribution in [0.5, 0.6) is 0 Å². The number of aliphatic hydroxyl groups excluding tert-OH is 1. The van der Waals surface area contributed by atoms with Crippen molar-refractivity contribution in [1.82, 2.24) is 5.32 Å². The molecule has 0 radical (unpaired) electrons. The molecule has 5 N–H and O–H groups in total. The molecule has 0 saturated carbocycles. The van der Waals surface area contributed by atoms with E-state index in [1.165, 1.54) is 14.0 Å². The first-order valence-electron chi connectivity index (χ1n) is 2.82. The maximum atomic E-state index is 10.6. The molecule has 2 atom stereocenters. The van der Waals surface area contributed by atoms with Crippen molar-refractivity contribution >= 4 is 5.91 Å². The van der Waals surface area contributed by atoms with E-state index in [0.717, 1.165) is 0 Å². The molecule has 0 aliphatic heterocycles. The molecule has 0 aromatic carbocycles. The van der Waals surface area contributed by atoms with Crippen molar-refractivity contribution in [3.63, 3.8) is 0 Å². The van der Waals surface area contributed by atoms with Crippen LogP contribution in [0.2, 0.25) is 0 Å². The highest BCUT2D eigenvalue weighted by molar-refractivity contribution is 5.80. The number of nitrogens with one attached hydrogen (secondary N) is 1. The Kier molecular flexibility index (Phi) is 3.19. The van der Waals surface area contributed by atoms with Gasteiger partial charge in [0.15, 0.2) is 6.04 Å². The van der Waals surface area contributed by atoms with Crippen molar-refractivity contribution in [3.05, 3.63) is 0 Å². The zero-order valence-corrected chi connectivity index (χ0v) is 5.72. The number of hydrogen-bond donors (Lipinski definition) is 3. The molecule has 1 amide bonds. The Morgan fingerprint density at radius 2 is 2.22 bits per heavy atom. The van der Waals surface area contributed by atoms with E-state index in [9.17, 15) is 4.79 Å². The Morgan fingerprint density at radius 1 is 1.78 bits per heavy atom. The first-order chi connectivity index (χ1) is 4.09. The standard InChI is InChI=1S/C5H12N2O2/c1-3(8)4(6)5(9)7-2/h3-4,8H,6H2,1-2H3,(H,7,9)/p+1/t3-,4-/m1/s1. The van der Waals surface area contributed by atoms with Crippen molar-refractivity contribution in [2.24, 2.45) is 0 Å². The highest BCUT2D eigenvalue weighted by Gasteiger charge is 2.20. The van der Waals surface area contributed by atoms with Crippen molar-refractivity contribution in [2.75, 3.05) is 7.05 Å². The SMILES string of the molecule is CNC(=O)[C@H]([NH3+])[C@@H](C)O. The molecule has 4 nitrogen and oxygen atoms in total. The third-order valence-corrected chi connectivity index (χ3v) is 1.17. The summed E-state index contributed by atoms with van der Waals surface area (Å²) in [5, 5.41) is 11.2. The van der Waals surface area contributed by atoms with Crippen LogP contribution in [0.15, 0.2) is 0 Å². The average molecular weight is 133 g/mol. The van der Waals surface area contributed by atoms with Crippen LogP contribution in [0, 0.1) is 0 Å². The van der Waals surface area contributed by atoms with Gasteiger partial charge in [-0.25, -0.2) is 0 Å². The van der Waals surface area contributed by atoms with E-state index < -0.39 is 12.1 Å². The van der Waals surface area contributed by atoms with Crippen molar-refractivity contribution < 1.29 is 15.6 Å². The van der Waals surface area contributed by atoms with Gasteiger partial charge in [-0.15, -0.1) is 0 Å². The average Bonchev–Trinajstić information content (AvgIpc) is 1.84. The van der Waals surface area contributed by atoms with Crippen LogP contribution < -0.4 is 11.1 Å². The van der Waals surface area contributed by atoms with Gasteiger partial charge >= 0.3 is 0 Å². The summed E-state index contributed by atoms with van der Waals surface area (Å²) in [5.41, 5.74) is 3.45. The Labute approximate surface area is 54.0 Å². The minimum absolute atomic E-state index is 0.231. The molecule has 4 heteroatoms. The van der Waals surface area contributed by atoms with E-state index in [4.69, 9.17) is 5.11 Å². The van der Waals surface area contributed by atoms with Gasteiger partial charge in [0.2, 0.25) is 0 Å². The molecule has 0 saturated heterocycles. The molecule has 0 bridgehead atoms.